The van der Waals surface area contributed by atoms with Crippen molar-refractivity contribution in [2.24, 2.45) is 0 Å². The molecule has 20 heavy (non-hydrogen) atoms. The highest BCUT2D eigenvalue weighted by atomic mass is 35.6. The first-order chi connectivity index (χ1) is 8.71. The Morgan fingerprint density at radius 3 is 1.05 bits per heavy atom. The summed E-state index contributed by atoms with van der Waals surface area (Å²) in [6.45, 7) is 20.4. The van der Waals surface area contributed by atoms with Crippen molar-refractivity contribution in [1.82, 2.24) is 9.63 Å². The zero-order valence-corrected chi connectivity index (χ0v) is 18.5. The van der Waals surface area contributed by atoms with Crippen LogP contribution in [0.15, 0.2) is 30.6 Å². The molecule has 118 valence electrons. The Hall–Kier alpha value is 0.0506. The van der Waals surface area contributed by atoms with Crippen molar-refractivity contribution in [1.29, 1.82) is 0 Å². The van der Waals surface area contributed by atoms with Crippen molar-refractivity contribution in [3.63, 3.8) is 0 Å². The molecule has 0 atom stereocenters. The van der Waals surface area contributed by atoms with E-state index >= 15 is 0 Å². The molecule has 1 aromatic heterocycles. The monoisotopic (exact) mass is 348 g/mol. The van der Waals surface area contributed by atoms with E-state index < -0.39 is 23.9 Å². The lowest BCUT2D eigenvalue weighted by Gasteiger charge is -2.28. The lowest BCUT2D eigenvalue weighted by atomic mass is 10.5. The average molecular weight is 349 g/mol. The third-order valence-electron chi connectivity index (χ3n) is 1.32. The summed E-state index contributed by atoms with van der Waals surface area (Å²) in [6.07, 6.45) is 3.50. The maximum atomic E-state index is 5.67. The van der Waals surface area contributed by atoms with Gasteiger partial charge >= 0.3 is 0 Å². The highest BCUT2D eigenvalue weighted by Gasteiger charge is 2.22. The van der Waals surface area contributed by atoms with Crippen LogP contribution >= 0.6 is 11.1 Å². The van der Waals surface area contributed by atoms with E-state index in [0.29, 0.717) is 0 Å². The van der Waals surface area contributed by atoms with Crippen LogP contribution in [0.3, 0.4) is 0 Å². The molecule has 0 unspecified atom stereocenters. The quantitative estimate of drug-likeness (QED) is 0.572. The highest BCUT2D eigenvalue weighted by Crippen LogP contribution is 2.03. The number of halogens is 1. The lowest BCUT2D eigenvalue weighted by Crippen LogP contribution is -2.55. The minimum Gasteiger partial charge on any atom is -0.360 e. The summed E-state index contributed by atoms with van der Waals surface area (Å²) in [5.41, 5.74) is 0. The van der Waals surface area contributed by atoms with Gasteiger partial charge in [0.05, 0.1) is 0 Å². The molecule has 1 aromatic rings. The Labute approximate surface area is 134 Å². The van der Waals surface area contributed by atoms with Gasteiger partial charge in [-0.2, -0.15) is 11.1 Å². The van der Waals surface area contributed by atoms with Gasteiger partial charge < -0.3 is 4.65 Å². The van der Waals surface area contributed by atoms with Crippen LogP contribution in [0, 0.1) is 0 Å². The van der Waals surface area contributed by atoms with Gasteiger partial charge in [0.25, 0.3) is 0 Å². The van der Waals surface area contributed by atoms with E-state index in [1.807, 2.05) is 18.2 Å². The smallest absolute Gasteiger partial charge is 0.147 e. The molecule has 0 spiro atoms. The van der Waals surface area contributed by atoms with E-state index in [-0.39, 0.29) is 0 Å². The molecule has 1 heterocycles. The number of hydrogen-bond donors (Lipinski definition) is 1. The Morgan fingerprint density at radius 2 is 1.00 bits per heavy atom. The molecule has 0 aliphatic heterocycles. The largest absolute Gasteiger partial charge is 0.360 e. The number of pyridine rings is 1. The third-order valence-corrected chi connectivity index (χ3v) is 7.32. The van der Waals surface area contributed by atoms with Crippen LogP contribution in [0.25, 0.3) is 0 Å². The van der Waals surface area contributed by atoms with Crippen molar-refractivity contribution in [3.8, 4) is 0 Å². The normalized spacial score (nSPS) is 11.7. The second-order valence-corrected chi connectivity index (χ2v) is 25.3. The van der Waals surface area contributed by atoms with Gasteiger partial charge in [0, 0.05) is 12.4 Å². The molecule has 0 aromatic carbocycles. The Bertz CT molecular complexity index is 282. The fraction of sp³-hybridized carbons (Fsp3) is 0.643. The van der Waals surface area contributed by atoms with Gasteiger partial charge in [-0.3, -0.25) is 4.98 Å². The van der Waals surface area contributed by atoms with Crippen LogP contribution < -0.4 is 4.65 Å². The SMILES string of the molecule is C[Si](C)(C)Cl.C[Si](C)(C)N[Si](C)(C)C.c1ccncc1. The lowest BCUT2D eigenvalue weighted by molar-refractivity contribution is 1.30. The zero-order valence-electron chi connectivity index (χ0n) is 14.7. The number of hydrogen-bond acceptors (Lipinski definition) is 2. The minimum absolute atomic E-state index is 0.981. The van der Waals surface area contributed by atoms with E-state index in [4.69, 9.17) is 11.1 Å². The summed E-state index contributed by atoms with van der Waals surface area (Å²) in [5, 5.41) is 0. The van der Waals surface area contributed by atoms with E-state index in [1.165, 1.54) is 0 Å². The van der Waals surface area contributed by atoms with Crippen LogP contribution in [-0.2, 0) is 0 Å². The molecule has 0 fully saturated rings. The molecule has 0 aliphatic carbocycles. The van der Waals surface area contributed by atoms with Gasteiger partial charge in [0.15, 0.2) is 0 Å². The molecule has 0 saturated carbocycles. The molecule has 0 saturated heterocycles. The van der Waals surface area contributed by atoms with Gasteiger partial charge in [0.1, 0.15) is 23.9 Å². The first-order valence-electron chi connectivity index (χ1n) is 7.04. The second kappa shape index (κ2) is 9.89. The van der Waals surface area contributed by atoms with Gasteiger partial charge in [-0.15, -0.1) is 0 Å². The molecule has 1 rings (SSSR count). The molecule has 6 heteroatoms. The van der Waals surface area contributed by atoms with Crippen LogP contribution in [-0.4, -0.2) is 28.8 Å². The molecule has 0 radical (unpaired) electrons. The predicted octanol–water partition coefficient (Wildman–Crippen LogP) is 5.39. The molecule has 2 nitrogen and oxygen atoms in total. The molecule has 0 bridgehead atoms. The molecule has 1 N–H and O–H groups in total. The van der Waals surface area contributed by atoms with Gasteiger partial charge in [-0.05, 0) is 12.1 Å². The number of nitrogens with one attached hydrogen (secondary N) is 1. The van der Waals surface area contributed by atoms with Crippen LogP contribution in [0.1, 0.15) is 0 Å². The maximum absolute atomic E-state index is 5.67. The Balaban J connectivity index is 0. The summed E-state index contributed by atoms with van der Waals surface area (Å²) in [7, 11) is -3.10. The topological polar surface area (TPSA) is 24.9 Å². The number of aromatic nitrogens is 1. The minimum atomic E-state index is -1.14. The maximum Gasteiger partial charge on any atom is 0.147 e. The van der Waals surface area contributed by atoms with E-state index in [1.54, 1.807) is 12.4 Å². The molecular weight excluding hydrogens is 316 g/mol. The summed E-state index contributed by atoms with van der Waals surface area (Å²) < 4.78 is 3.74. The van der Waals surface area contributed by atoms with Gasteiger partial charge in [-0.25, -0.2) is 0 Å². The van der Waals surface area contributed by atoms with E-state index in [2.05, 4.69) is 68.6 Å². The predicted molar refractivity (Wildman–Crippen MR) is 103 cm³/mol. The van der Waals surface area contributed by atoms with Crippen molar-refractivity contribution in [2.45, 2.75) is 58.9 Å². The average Bonchev–Trinajstić information content (AvgIpc) is 2.12. The number of rotatable bonds is 2. The van der Waals surface area contributed by atoms with Crippen LogP contribution in [0.5, 0.6) is 0 Å². The van der Waals surface area contributed by atoms with E-state index in [9.17, 15) is 0 Å². The Kier molecular flexibility index (Phi) is 11.0. The second-order valence-electron chi connectivity index (χ2n) is 7.72. The van der Waals surface area contributed by atoms with Crippen molar-refractivity contribution < 1.29 is 0 Å². The van der Waals surface area contributed by atoms with Crippen LogP contribution in [0.2, 0.25) is 58.9 Å². The fourth-order valence-corrected chi connectivity index (χ4v) is 10.4. The van der Waals surface area contributed by atoms with Crippen molar-refractivity contribution >= 4 is 34.9 Å². The molecule has 0 aliphatic rings. The summed E-state index contributed by atoms with van der Waals surface area (Å²) >= 11 is 5.67. The summed E-state index contributed by atoms with van der Waals surface area (Å²) in [6, 6.07) is 5.72. The zero-order chi connectivity index (χ0) is 16.4. The molecule has 0 amide bonds. The van der Waals surface area contributed by atoms with Gasteiger partial charge in [-0.1, -0.05) is 65.0 Å². The van der Waals surface area contributed by atoms with E-state index in [0.717, 1.165) is 0 Å². The highest BCUT2D eigenvalue weighted by molar-refractivity contribution is 7.18. The van der Waals surface area contributed by atoms with Crippen molar-refractivity contribution in [3.05, 3.63) is 30.6 Å². The first-order valence-corrected chi connectivity index (χ1v) is 18.6. The van der Waals surface area contributed by atoms with Crippen LogP contribution in [0.4, 0.5) is 0 Å². The van der Waals surface area contributed by atoms with Crippen molar-refractivity contribution in [2.75, 3.05) is 0 Å². The number of nitrogens with zero attached hydrogens (tertiary/aromatic N) is 1. The molecular formula is C14H33ClN2Si3. The fourth-order valence-electron chi connectivity index (χ4n) is 1.44. The Morgan fingerprint density at radius 1 is 0.700 bits per heavy atom. The first kappa shape index (κ1) is 22.3. The summed E-state index contributed by atoms with van der Waals surface area (Å²) in [5.74, 6) is 0. The third kappa shape index (κ3) is 36.1. The standard InChI is InChI=1S/C6H19NSi2.C5H5N.C3H9ClSi/c1-8(2,3)7-9(4,5)6;1-2-4-6-5-3-1;1-5(2,3)4/h7H,1-6H3;1-5H;1-3H3. The summed E-state index contributed by atoms with van der Waals surface area (Å²) in [4.78, 5) is 3.78. The van der Waals surface area contributed by atoms with Gasteiger partial charge in [0.2, 0.25) is 0 Å².